The average molecular weight is 271 g/mol. The van der Waals surface area contributed by atoms with Gasteiger partial charge in [-0.05, 0) is 44.0 Å². The molecule has 1 saturated heterocycles. The topological polar surface area (TPSA) is 15.3 Å². The van der Waals surface area contributed by atoms with Crippen LogP contribution in [0.4, 0.5) is 10.1 Å². The Kier molecular flexibility index (Phi) is 4.84. The van der Waals surface area contributed by atoms with Gasteiger partial charge in [0, 0.05) is 19.1 Å². The molecule has 1 aromatic rings. The maximum atomic E-state index is 12.9. The highest BCUT2D eigenvalue weighted by atomic mass is 35.5. The van der Waals surface area contributed by atoms with Gasteiger partial charge in [-0.2, -0.15) is 0 Å². The largest absolute Gasteiger partial charge is 0.381 e. The monoisotopic (exact) mass is 270 g/mol. The highest BCUT2D eigenvalue weighted by Gasteiger charge is 2.18. The summed E-state index contributed by atoms with van der Waals surface area (Å²) in [4.78, 5) is 2.49. The van der Waals surface area contributed by atoms with Gasteiger partial charge in [-0.15, -0.1) is 0 Å². The summed E-state index contributed by atoms with van der Waals surface area (Å²) in [5.41, 5.74) is 0.840. The van der Waals surface area contributed by atoms with E-state index in [0.29, 0.717) is 11.1 Å². The molecule has 1 aliphatic rings. The van der Waals surface area contributed by atoms with Gasteiger partial charge in [0.05, 0.1) is 10.7 Å². The van der Waals surface area contributed by atoms with Crippen molar-refractivity contribution in [1.29, 1.82) is 0 Å². The van der Waals surface area contributed by atoms with E-state index in [1.165, 1.54) is 25.1 Å². The van der Waals surface area contributed by atoms with Gasteiger partial charge in [0.1, 0.15) is 5.82 Å². The zero-order chi connectivity index (χ0) is 13.0. The third kappa shape index (κ3) is 3.59. The van der Waals surface area contributed by atoms with Crippen LogP contribution < -0.4 is 5.32 Å². The van der Waals surface area contributed by atoms with Crippen molar-refractivity contribution in [2.24, 2.45) is 0 Å². The van der Waals surface area contributed by atoms with E-state index in [1.54, 1.807) is 6.07 Å². The van der Waals surface area contributed by atoms with E-state index in [0.717, 1.165) is 31.6 Å². The summed E-state index contributed by atoms with van der Waals surface area (Å²) in [6, 6.07) is 4.97. The first-order chi connectivity index (χ1) is 8.69. The molecule has 1 heterocycles. The number of hydrogen-bond acceptors (Lipinski definition) is 2. The number of halogens is 2. The predicted molar refractivity (Wildman–Crippen MR) is 74.8 cm³/mol. The molecule has 1 fully saturated rings. The molecule has 1 aromatic carbocycles. The second-order valence-electron chi connectivity index (χ2n) is 4.88. The van der Waals surface area contributed by atoms with Crippen LogP contribution in [0.1, 0.15) is 26.2 Å². The number of piperidine rings is 1. The fraction of sp³-hybridized carbons (Fsp3) is 0.571. The molecule has 100 valence electrons. The van der Waals surface area contributed by atoms with Gasteiger partial charge in [0.2, 0.25) is 0 Å². The fourth-order valence-electron chi connectivity index (χ4n) is 2.44. The van der Waals surface area contributed by atoms with Gasteiger partial charge in [0.15, 0.2) is 0 Å². The third-order valence-electron chi connectivity index (χ3n) is 3.42. The van der Waals surface area contributed by atoms with Gasteiger partial charge >= 0.3 is 0 Å². The zero-order valence-electron chi connectivity index (χ0n) is 10.8. The number of rotatable bonds is 4. The quantitative estimate of drug-likeness (QED) is 0.896. The van der Waals surface area contributed by atoms with Gasteiger partial charge < -0.3 is 10.2 Å². The minimum Gasteiger partial charge on any atom is -0.381 e. The highest BCUT2D eigenvalue weighted by molar-refractivity contribution is 6.33. The summed E-state index contributed by atoms with van der Waals surface area (Å²) in [5.74, 6) is -0.289. The smallest absolute Gasteiger partial charge is 0.124 e. The Hall–Kier alpha value is -0.800. The lowest BCUT2D eigenvalue weighted by atomic mass is 10.0. The van der Waals surface area contributed by atoms with E-state index in [-0.39, 0.29) is 5.82 Å². The summed E-state index contributed by atoms with van der Waals surface area (Å²) in [6.45, 7) is 5.65. The van der Waals surface area contributed by atoms with E-state index in [2.05, 4.69) is 17.1 Å². The van der Waals surface area contributed by atoms with Crippen molar-refractivity contribution in [3.05, 3.63) is 29.0 Å². The lowest BCUT2D eigenvalue weighted by Crippen LogP contribution is -2.39. The van der Waals surface area contributed by atoms with Gasteiger partial charge in [-0.3, -0.25) is 0 Å². The number of hydrogen-bond donors (Lipinski definition) is 1. The second kappa shape index (κ2) is 6.39. The zero-order valence-corrected chi connectivity index (χ0v) is 11.5. The number of nitrogens with one attached hydrogen (secondary N) is 1. The van der Waals surface area contributed by atoms with Crippen molar-refractivity contribution in [1.82, 2.24) is 4.90 Å². The molecule has 0 radical (unpaired) electrons. The Labute approximate surface area is 113 Å². The van der Waals surface area contributed by atoms with Crippen molar-refractivity contribution in [2.45, 2.75) is 32.2 Å². The summed E-state index contributed by atoms with van der Waals surface area (Å²) in [7, 11) is 0. The molecule has 1 aliphatic heterocycles. The minimum absolute atomic E-state index is 0.289. The molecule has 0 amide bonds. The van der Waals surface area contributed by atoms with E-state index in [4.69, 9.17) is 11.6 Å². The van der Waals surface area contributed by atoms with E-state index >= 15 is 0 Å². The molecule has 18 heavy (non-hydrogen) atoms. The summed E-state index contributed by atoms with van der Waals surface area (Å²) >= 11 is 6.01. The van der Waals surface area contributed by atoms with Crippen LogP contribution in [0, 0.1) is 5.82 Å². The lowest BCUT2D eigenvalue weighted by molar-refractivity contribution is 0.219. The Bertz CT molecular complexity index is 389. The predicted octanol–water partition coefficient (Wildman–Crippen LogP) is 3.77. The fourth-order valence-corrected chi connectivity index (χ4v) is 2.67. The van der Waals surface area contributed by atoms with Crippen molar-refractivity contribution < 1.29 is 4.39 Å². The first-order valence-electron chi connectivity index (χ1n) is 6.63. The highest BCUT2D eigenvalue weighted by Crippen LogP contribution is 2.25. The van der Waals surface area contributed by atoms with Crippen LogP contribution in [0.2, 0.25) is 5.02 Å². The van der Waals surface area contributed by atoms with Crippen LogP contribution in [0.3, 0.4) is 0 Å². The summed E-state index contributed by atoms with van der Waals surface area (Å²) in [6.07, 6.45) is 3.45. The molecule has 0 spiro atoms. The SMILES string of the molecule is CCCN1CCC(Nc2ccc(F)cc2Cl)CC1. The summed E-state index contributed by atoms with van der Waals surface area (Å²) in [5, 5.41) is 3.88. The van der Waals surface area contributed by atoms with Crippen LogP contribution >= 0.6 is 11.6 Å². The Balaban J connectivity index is 1.87. The lowest BCUT2D eigenvalue weighted by Gasteiger charge is -2.32. The average Bonchev–Trinajstić information content (AvgIpc) is 2.35. The van der Waals surface area contributed by atoms with Crippen LogP contribution in [0.25, 0.3) is 0 Å². The molecule has 0 bridgehead atoms. The molecule has 0 unspecified atom stereocenters. The van der Waals surface area contributed by atoms with Crippen molar-refractivity contribution in [3.8, 4) is 0 Å². The summed E-state index contributed by atoms with van der Waals surface area (Å²) < 4.78 is 12.9. The van der Waals surface area contributed by atoms with Crippen molar-refractivity contribution >= 4 is 17.3 Å². The van der Waals surface area contributed by atoms with Crippen LogP contribution in [0.5, 0.6) is 0 Å². The van der Waals surface area contributed by atoms with Crippen molar-refractivity contribution in [3.63, 3.8) is 0 Å². The van der Waals surface area contributed by atoms with Gasteiger partial charge in [0.25, 0.3) is 0 Å². The molecular weight excluding hydrogens is 251 g/mol. The standard InChI is InChI=1S/C14H20ClFN2/c1-2-7-18-8-5-12(6-9-18)17-14-4-3-11(16)10-13(14)15/h3-4,10,12,17H,2,5-9H2,1H3. The number of anilines is 1. The Morgan fingerprint density at radius 3 is 2.72 bits per heavy atom. The van der Waals surface area contributed by atoms with Crippen LogP contribution in [-0.4, -0.2) is 30.6 Å². The van der Waals surface area contributed by atoms with Gasteiger partial charge in [-0.25, -0.2) is 4.39 Å². The molecule has 0 saturated carbocycles. The first kappa shape index (κ1) is 13.6. The van der Waals surface area contributed by atoms with Gasteiger partial charge in [-0.1, -0.05) is 18.5 Å². The molecule has 0 aliphatic carbocycles. The van der Waals surface area contributed by atoms with E-state index in [9.17, 15) is 4.39 Å². The maximum absolute atomic E-state index is 12.9. The number of likely N-dealkylation sites (tertiary alicyclic amines) is 1. The Morgan fingerprint density at radius 1 is 1.39 bits per heavy atom. The molecule has 1 N–H and O–H groups in total. The molecule has 0 atom stereocenters. The molecule has 2 rings (SSSR count). The van der Waals surface area contributed by atoms with E-state index < -0.39 is 0 Å². The number of benzene rings is 1. The molecule has 4 heteroatoms. The van der Waals surface area contributed by atoms with Crippen LogP contribution in [0.15, 0.2) is 18.2 Å². The third-order valence-corrected chi connectivity index (χ3v) is 3.73. The molecular formula is C14H20ClFN2. The maximum Gasteiger partial charge on any atom is 0.124 e. The number of nitrogens with zero attached hydrogens (tertiary/aromatic N) is 1. The van der Waals surface area contributed by atoms with Crippen LogP contribution in [-0.2, 0) is 0 Å². The second-order valence-corrected chi connectivity index (χ2v) is 5.29. The first-order valence-corrected chi connectivity index (χ1v) is 7.00. The molecule has 0 aromatic heterocycles. The van der Waals surface area contributed by atoms with Crippen molar-refractivity contribution in [2.75, 3.05) is 25.0 Å². The Morgan fingerprint density at radius 2 is 2.11 bits per heavy atom. The minimum atomic E-state index is -0.289. The normalized spacial score (nSPS) is 17.9. The van der Waals surface area contributed by atoms with E-state index in [1.807, 2.05) is 0 Å². The molecule has 2 nitrogen and oxygen atoms in total.